The van der Waals surface area contributed by atoms with E-state index in [0.29, 0.717) is 17.8 Å². The zero-order valence-corrected chi connectivity index (χ0v) is 14.9. The van der Waals surface area contributed by atoms with Gasteiger partial charge in [0.05, 0.1) is 4.90 Å². The van der Waals surface area contributed by atoms with Crippen LogP contribution in [0.3, 0.4) is 0 Å². The first-order chi connectivity index (χ1) is 12.0. The minimum Gasteiger partial charge on any atom is -0.322 e. The maximum Gasteiger partial charge on any atom is 0.255 e. The monoisotopic (exact) mass is 359 g/mol. The predicted molar refractivity (Wildman–Crippen MR) is 95.8 cm³/mol. The van der Waals surface area contributed by atoms with E-state index in [-0.39, 0.29) is 16.8 Å². The van der Waals surface area contributed by atoms with Gasteiger partial charge in [-0.25, -0.2) is 8.42 Å². The zero-order chi connectivity index (χ0) is 17.9. The van der Waals surface area contributed by atoms with E-state index in [9.17, 15) is 13.2 Å². The number of aromatic nitrogens is 1. The van der Waals surface area contributed by atoms with Crippen LogP contribution in [-0.2, 0) is 10.0 Å². The third-order valence-corrected chi connectivity index (χ3v) is 6.43. The van der Waals surface area contributed by atoms with Crippen molar-refractivity contribution in [1.82, 2.24) is 9.29 Å². The lowest BCUT2D eigenvalue weighted by Gasteiger charge is -2.32. The molecule has 1 aromatic carbocycles. The van der Waals surface area contributed by atoms with Gasteiger partial charge in [-0.1, -0.05) is 6.42 Å². The van der Waals surface area contributed by atoms with E-state index in [2.05, 4.69) is 10.3 Å². The average molecular weight is 359 g/mol. The van der Waals surface area contributed by atoms with Gasteiger partial charge >= 0.3 is 0 Å². The van der Waals surface area contributed by atoms with Crippen LogP contribution < -0.4 is 5.32 Å². The molecule has 7 heteroatoms. The van der Waals surface area contributed by atoms with Gasteiger partial charge in [-0.05, 0) is 56.2 Å². The molecule has 132 valence electrons. The van der Waals surface area contributed by atoms with Crippen molar-refractivity contribution in [2.24, 2.45) is 0 Å². The van der Waals surface area contributed by atoms with Crippen LogP contribution in [0.5, 0.6) is 0 Å². The summed E-state index contributed by atoms with van der Waals surface area (Å²) < 4.78 is 27.1. The number of pyridine rings is 1. The Morgan fingerprint density at radius 1 is 1.12 bits per heavy atom. The molecule has 0 aliphatic carbocycles. The second-order valence-electron chi connectivity index (χ2n) is 6.17. The highest BCUT2D eigenvalue weighted by Gasteiger charge is 2.30. The van der Waals surface area contributed by atoms with Gasteiger partial charge in [0.25, 0.3) is 5.91 Å². The molecule has 1 amide bonds. The zero-order valence-electron chi connectivity index (χ0n) is 14.1. The van der Waals surface area contributed by atoms with Gasteiger partial charge in [0.2, 0.25) is 10.0 Å². The van der Waals surface area contributed by atoms with Crippen LogP contribution >= 0.6 is 0 Å². The number of carbonyl (C=O) groups excluding carboxylic acids is 1. The normalized spacial score (nSPS) is 18.7. The van der Waals surface area contributed by atoms with Gasteiger partial charge in [-0.3, -0.25) is 9.78 Å². The van der Waals surface area contributed by atoms with Crippen molar-refractivity contribution in [3.63, 3.8) is 0 Å². The molecular weight excluding hydrogens is 338 g/mol. The summed E-state index contributed by atoms with van der Waals surface area (Å²) in [6, 6.07) is 9.56. The Kier molecular flexibility index (Phi) is 5.15. The maximum atomic E-state index is 12.8. The van der Waals surface area contributed by atoms with Crippen molar-refractivity contribution < 1.29 is 13.2 Å². The number of rotatable bonds is 4. The van der Waals surface area contributed by atoms with Gasteiger partial charge < -0.3 is 5.32 Å². The summed E-state index contributed by atoms with van der Waals surface area (Å²) in [5, 5.41) is 2.75. The van der Waals surface area contributed by atoms with Gasteiger partial charge in [-0.2, -0.15) is 4.31 Å². The number of amides is 1. The van der Waals surface area contributed by atoms with Crippen molar-refractivity contribution in [2.45, 2.75) is 37.1 Å². The molecule has 0 radical (unpaired) electrons. The number of hydrogen-bond donors (Lipinski definition) is 1. The van der Waals surface area contributed by atoms with Crippen molar-refractivity contribution >= 4 is 21.6 Å². The molecule has 2 heterocycles. The highest BCUT2D eigenvalue weighted by atomic mass is 32.2. The Labute approximate surface area is 147 Å². The van der Waals surface area contributed by atoms with E-state index >= 15 is 0 Å². The molecule has 1 N–H and O–H groups in total. The van der Waals surface area contributed by atoms with Crippen molar-refractivity contribution in [3.05, 3.63) is 54.4 Å². The van der Waals surface area contributed by atoms with Gasteiger partial charge in [0.1, 0.15) is 0 Å². The lowest BCUT2D eigenvalue weighted by atomic mass is 10.1. The van der Waals surface area contributed by atoms with Gasteiger partial charge in [0.15, 0.2) is 0 Å². The number of anilines is 1. The lowest BCUT2D eigenvalue weighted by molar-refractivity contribution is 0.102. The van der Waals surface area contributed by atoms with E-state index in [1.165, 1.54) is 0 Å². The Morgan fingerprint density at radius 3 is 2.44 bits per heavy atom. The molecule has 1 aromatic heterocycles. The highest BCUT2D eigenvalue weighted by molar-refractivity contribution is 7.89. The third kappa shape index (κ3) is 3.88. The first-order valence-corrected chi connectivity index (χ1v) is 9.76. The molecule has 1 saturated heterocycles. The quantitative estimate of drug-likeness (QED) is 0.910. The average Bonchev–Trinajstić information content (AvgIpc) is 2.63. The summed E-state index contributed by atoms with van der Waals surface area (Å²) in [5.74, 6) is -0.261. The molecule has 2 aromatic rings. The largest absolute Gasteiger partial charge is 0.322 e. The van der Waals surface area contributed by atoms with Crippen LogP contribution in [0.25, 0.3) is 0 Å². The molecule has 0 spiro atoms. The minimum atomic E-state index is -3.50. The first kappa shape index (κ1) is 17.6. The molecule has 6 nitrogen and oxygen atoms in total. The Hall–Kier alpha value is -2.25. The molecule has 0 saturated carbocycles. The van der Waals surface area contributed by atoms with Crippen LogP contribution in [0.15, 0.2) is 53.7 Å². The van der Waals surface area contributed by atoms with E-state index in [4.69, 9.17) is 0 Å². The first-order valence-electron chi connectivity index (χ1n) is 8.32. The Balaban J connectivity index is 1.74. The molecular formula is C18H21N3O3S. The van der Waals surface area contributed by atoms with Crippen molar-refractivity contribution in [1.29, 1.82) is 0 Å². The van der Waals surface area contributed by atoms with Crippen molar-refractivity contribution in [2.75, 3.05) is 11.9 Å². The van der Waals surface area contributed by atoms with Gasteiger partial charge in [0, 0.05) is 36.2 Å². The standard InChI is InChI=1S/C18H21N3O3S/c1-14-4-2-3-13-21(14)25(23,24)17-7-5-16(6-8-17)20-18(22)15-9-11-19-12-10-15/h5-12,14H,2-4,13H2,1H3,(H,20,22). The summed E-state index contributed by atoms with van der Waals surface area (Å²) in [6.45, 7) is 2.50. The van der Waals surface area contributed by atoms with Crippen LogP contribution in [0, 0.1) is 0 Å². The summed E-state index contributed by atoms with van der Waals surface area (Å²) >= 11 is 0. The number of carbonyl (C=O) groups is 1. The molecule has 3 rings (SSSR count). The summed E-state index contributed by atoms with van der Waals surface area (Å²) in [4.78, 5) is 16.2. The fourth-order valence-corrected chi connectivity index (χ4v) is 4.68. The molecule has 0 bridgehead atoms. The second-order valence-corrected chi connectivity index (χ2v) is 8.07. The van der Waals surface area contributed by atoms with Crippen LogP contribution in [0.2, 0.25) is 0 Å². The Bertz CT molecular complexity index is 836. The number of benzene rings is 1. The topological polar surface area (TPSA) is 79.4 Å². The van der Waals surface area contributed by atoms with E-state index in [1.54, 1.807) is 53.1 Å². The molecule has 1 aliphatic heterocycles. The van der Waals surface area contributed by atoms with Crippen molar-refractivity contribution in [3.8, 4) is 0 Å². The van der Waals surface area contributed by atoms with Gasteiger partial charge in [-0.15, -0.1) is 0 Å². The molecule has 1 fully saturated rings. The lowest BCUT2D eigenvalue weighted by Crippen LogP contribution is -2.41. The smallest absolute Gasteiger partial charge is 0.255 e. The number of nitrogens with one attached hydrogen (secondary N) is 1. The number of piperidine rings is 1. The molecule has 1 unspecified atom stereocenters. The summed E-state index contributed by atoms with van der Waals surface area (Å²) in [5.41, 5.74) is 1.04. The second kappa shape index (κ2) is 7.33. The summed E-state index contributed by atoms with van der Waals surface area (Å²) in [6.07, 6.45) is 5.94. The van der Waals surface area contributed by atoms with E-state index in [1.807, 2.05) is 6.92 Å². The third-order valence-electron chi connectivity index (χ3n) is 4.40. The SMILES string of the molecule is CC1CCCCN1S(=O)(=O)c1ccc(NC(=O)c2ccncc2)cc1. The molecule has 25 heavy (non-hydrogen) atoms. The number of sulfonamides is 1. The minimum absolute atomic E-state index is 0.0184. The fourth-order valence-electron chi connectivity index (χ4n) is 2.98. The highest BCUT2D eigenvalue weighted by Crippen LogP contribution is 2.25. The predicted octanol–water partition coefficient (Wildman–Crippen LogP) is 2.90. The summed E-state index contributed by atoms with van der Waals surface area (Å²) in [7, 11) is -3.50. The van der Waals surface area contributed by atoms with Crippen LogP contribution in [-0.4, -0.2) is 36.2 Å². The van der Waals surface area contributed by atoms with Crippen LogP contribution in [0.4, 0.5) is 5.69 Å². The van der Waals surface area contributed by atoms with Crippen LogP contribution in [0.1, 0.15) is 36.5 Å². The number of nitrogens with zero attached hydrogens (tertiary/aromatic N) is 2. The molecule has 1 aliphatic rings. The maximum absolute atomic E-state index is 12.8. The molecule has 1 atom stereocenters. The van der Waals surface area contributed by atoms with E-state index in [0.717, 1.165) is 19.3 Å². The van der Waals surface area contributed by atoms with E-state index < -0.39 is 10.0 Å². The Morgan fingerprint density at radius 2 is 1.80 bits per heavy atom. The number of hydrogen-bond acceptors (Lipinski definition) is 4. The fraction of sp³-hybridized carbons (Fsp3) is 0.333.